The molecule has 1 N–H and O–H groups in total. The van der Waals surface area contributed by atoms with E-state index in [1.807, 2.05) is 29.3 Å². The summed E-state index contributed by atoms with van der Waals surface area (Å²) < 4.78 is 1.93. The summed E-state index contributed by atoms with van der Waals surface area (Å²) in [6.07, 6.45) is 1.85. The first-order valence-corrected chi connectivity index (χ1v) is 7.14. The van der Waals surface area contributed by atoms with Crippen LogP contribution in [0.15, 0.2) is 29.8 Å². The van der Waals surface area contributed by atoms with Crippen LogP contribution in [-0.4, -0.2) is 16.3 Å². The molecular formula is C14H21N3S. The zero-order valence-electron chi connectivity index (χ0n) is 11.5. The Labute approximate surface area is 113 Å². The van der Waals surface area contributed by atoms with Crippen molar-refractivity contribution < 1.29 is 0 Å². The van der Waals surface area contributed by atoms with Crippen molar-refractivity contribution in [2.45, 2.75) is 32.2 Å². The van der Waals surface area contributed by atoms with Crippen LogP contribution >= 0.6 is 11.3 Å². The second-order valence-corrected chi connectivity index (χ2v) is 6.29. The summed E-state index contributed by atoms with van der Waals surface area (Å²) >= 11 is 1.82. The molecule has 4 heteroatoms. The first kappa shape index (κ1) is 13.3. The lowest BCUT2D eigenvalue weighted by atomic mass is 9.91. The summed E-state index contributed by atoms with van der Waals surface area (Å²) in [5.41, 5.74) is 1.39. The van der Waals surface area contributed by atoms with Gasteiger partial charge in [0.2, 0.25) is 0 Å². The molecule has 98 valence electrons. The number of hydrogen-bond acceptors (Lipinski definition) is 3. The van der Waals surface area contributed by atoms with Gasteiger partial charge in [-0.05, 0) is 24.4 Å². The Balaban J connectivity index is 1.98. The Morgan fingerprint density at radius 2 is 2.22 bits per heavy atom. The van der Waals surface area contributed by atoms with Gasteiger partial charge in [-0.1, -0.05) is 19.9 Å². The summed E-state index contributed by atoms with van der Waals surface area (Å²) in [7, 11) is 1.98. The smallest absolute Gasteiger partial charge is 0.0547 e. The minimum Gasteiger partial charge on any atom is -0.308 e. The fourth-order valence-electron chi connectivity index (χ4n) is 2.07. The minimum atomic E-state index is 0.168. The van der Waals surface area contributed by atoms with E-state index in [1.165, 1.54) is 10.6 Å². The summed E-state index contributed by atoms with van der Waals surface area (Å²) in [4.78, 5) is 1.42. The van der Waals surface area contributed by atoms with Crippen molar-refractivity contribution in [2.24, 2.45) is 7.05 Å². The Hall–Kier alpha value is -1.13. The van der Waals surface area contributed by atoms with Gasteiger partial charge in [0.15, 0.2) is 0 Å². The lowest BCUT2D eigenvalue weighted by Gasteiger charge is -2.26. The minimum absolute atomic E-state index is 0.168. The van der Waals surface area contributed by atoms with Crippen LogP contribution in [0.3, 0.4) is 0 Å². The van der Waals surface area contributed by atoms with Crippen LogP contribution in [0, 0.1) is 0 Å². The molecule has 0 fully saturated rings. The first-order chi connectivity index (χ1) is 8.50. The molecule has 0 aliphatic heterocycles. The van der Waals surface area contributed by atoms with Gasteiger partial charge >= 0.3 is 0 Å². The molecule has 0 aromatic carbocycles. The molecular weight excluding hydrogens is 242 g/mol. The van der Waals surface area contributed by atoms with Gasteiger partial charge in [0.05, 0.1) is 5.69 Å². The highest BCUT2D eigenvalue weighted by molar-refractivity contribution is 7.10. The quantitative estimate of drug-likeness (QED) is 0.898. The second kappa shape index (κ2) is 5.24. The molecule has 0 amide bonds. The summed E-state index contributed by atoms with van der Waals surface area (Å²) in [6, 6.07) is 6.71. The Bertz CT molecular complexity index is 485. The third kappa shape index (κ3) is 2.82. The molecule has 2 aromatic rings. The van der Waals surface area contributed by atoms with Crippen LogP contribution in [-0.2, 0) is 12.5 Å². The predicted octanol–water partition coefficient (Wildman–Crippen LogP) is 3.11. The molecule has 0 aliphatic rings. The van der Waals surface area contributed by atoms with Gasteiger partial charge in [0.25, 0.3) is 0 Å². The highest BCUT2D eigenvalue weighted by Gasteiger charge is 2.22. The van der Waals surface area contributed by atoms with Gasteiger partial charge in [-0.2, -0.15) is 5.10 Å². The monoisotopic (exact) mass is 263 g/mol. The van der Waals surface area contributed by atoms with Crippen molar-refractivity contribution in [2.75, 3.05) is 6.54 Å². The standard InChI is InChI=1S/C14H21N3S/c1-11(12-7-8-16-17(12)4)15-10-14(2,3)13-6-5-9-18-13/h5-9,11,15H,10H2,1-4H3. The third-order valence-electron chi connectivity index (χ3n) is 3.34. The summed E-state index contributed by atoms with van der Waals surface area (Å²) in [5, 5.41) is 9.95. The van der Waals surface area contributed by atoms with E-state index in [-0.39, 0.29) is 5.41 Å². The maximum atomic E-state index is 4.21. The Morgan fingerprint density at radius 1 is 1.44 bits per heavy atom. The number of aryl methyl sites for hydroxylation is 1. The topological polar surface area (TPSA) is 29.9 Å². The molecule has 2 heterocycles. The van der Waals surface area contributed by atoms with E-state index in [0.29, 0.717) is 6.04 Å². The third-order valence-corrected chi connectivity index (χ3v) is 4.58. The molecule has 0 saturated heterocycles. The largest absolute Gasteiger partial charge is 0.308 e. The van der Waals surface area contributed by atoms with E-state index >= 15 is 0 Å². The van der Waals surface area contributed by atoms with Gasteiger partial charge in [-0.25, -0.2) is 0 Å². The van der Waals surface area contributed by atoms with E-state index in [1.54, 1.807) is 0 Å². The number of thiophene rings is 1. The van der Waals surface area contributed by atoms with Crippen LogP contribution in [0.2, 0.25) is 0 Å². The summed E-state index contributed by atoms with van der Waals surface area (Å²) in [6.45, 7) is 7.70. The number of nitrogens with one attached hydrogen (secondary N) is 1. The summed E-state index contributed by atoms with van der Waals surface area (Å²) in [5.74, 6) is 0. The van der Waals surface area contributed by atoms with Crippen molar-refractivity contribution in [3.63, 3.8) is 0 Å². The van der Waals surface area contributed by atoms with Crippen molar-refractivity contribution in [3.8, 4) is 0 Å². The zero-order chi connectivity index (χ0) is 13.2. The van der Waals surface area contributed by atoms with E-state index in [0.717, 1.165) is 6.54 Å². The molecule has 0 radical (unpaired) electrons. The molecule has 1 unspecified atom stereocenters. The number of hydrogen-bond donors (Lipinski definition) is 1. The SMILES string of the molecule is CC(NCC(C)(C)c1cccs1)c1ccnn1C. The van der Waals surface area contributed by atoms with Crippen LogP contribution in [0.25, 0.3) is 0 Å². The van der Waals surface area contributed by atoms with Gasteiger partial charge in [-0.3, -0.25) is 4.68 Å². The van der Waals surface area contributed by atoms with Gasteiger partial charge in [-0.15, -0.1) is 11.3 Å². The first-order valence-electron chi connectivity index (χ1n) is 6.26. The van der Waals surface area contributed by atoms with Crippen LogP contribution in [0.1, 0.15) is 37.4 Å². The van der Waals surface area contributed by atoms with Crippen LogP contribution in [0.5, 0.6) is 0 Å². The number of aromatic nitrogens is 2. The number of nitrogens with zero attached hydrogens (tertiary/aromatic N) is 2. The predicted molar refractivity (Wildman–Crippen MR) is 77.0 cm³/mol. The number of rotatable bonds is 5. The lowest BCUT2D eigenvalue weighted by Crippen LogP contribution is -2.34. The van der Waals surface area contributed by atoms with E-state index in [9.17, 15) is 0 Å². The van der Waals surface area contributed by atoms with Crippen LogP contribution in [0.4, 0.5) is 0 Å². The highest BCUT2D eigenvalue weighted by Crippen LogP contribution is 2.27. The molecule has 0 aliphatic carbocycles. The molecule has 0 saturated carbocycles. The molecule has 2 rings (SSSR count). The normalized spacial score (nSPS) is 13.8. The highest BCUT2D eigenvalue weighted by atomic mass is 32.1. The van der Waals surface area contributed by atoms with E-state index in [4.69, 9.17) is 0 Å². The fraction of sp³-hybridized carbons (Fsp3) is 0.500. The maximum Gasteiger partial charge on any atom is 0.0547 e. The molecule has 0 spiro atoms. The van der Waals surface area contributed by atoms with Gasteiger partial charge in [0, 0.05) is 36.1 Å². The van der Waals surface area contributed by atoms with Gasteiger partial charge in [0.1, 0.15) is 0 Å². The molecule has 0 bridgehead atoms. The second-order valence-electron chi connectivity index (χ2n) is 5.34. The molecule has 1 atom stereocenters. The van der Waals surface area contributed by atoms with Gasteiger partial charge < -0.3 is 5.32 Å². The van der Waals surface area contributed by atoms with Crippen molar-refractivity contribution in [3.05, 3.63) is 40.3 Å². The average molecular weight is 263 g/mol. The molecule has 3 nitrogen and oxygen atoms in total. The molecule has 18 heavy (non-hydrogen) atoms. The van der Waals surface area contributed by atoms with E-state index < -0.39 is 0 Å². The van der Waals surface area contributed by atoms with Crippen molar-refractivity contribution in [1.82, 2.24) is 15.1 Å². The van der Waals surface area contributed by atoms with Crippen molar-refractivity contribution in [1.29, 1.82) is 0 Å². The van der Waals surface area contributed by atoms with Crippen molar-refractivity contribution >= 4 is 11.3 Å². The average Bonchev–Trinajstić information content (AvgIpc) is 2.96. The Morgan fingerprint density at radius 3 is 2.78 bits per heavy atom. The molecule has 2 aromatic heterocycles. The van der Waals surface area contributed by atoms with Crippen LogP contribution < -0.4 is 5.32 Å². The maximum absolute atomic E-state index is 4.21. The lowest BCUT2D eigenvalue weighted by molar-refractivity contribution is 0.429. The zero-order valence-corrected chi connectivity index (χ0v) is 12.3. The van der Waals surface area contributed by atoms with E-state index in [2.05, 4.69) is 54.8 Å². The fourth-order valence-corrected chi connectivity index (χ4v) is 2.92. The Kier molecular flexibility index (Phi) is 3.88.